The minimum absolute atomic E-state index is 0.0282. The Hall–Kier alpha value is -2.51. The van der Waals surface area contributed by atoms with Crippen LogP contribution in [0.5, 0.6) is 5.75 Å². The minimum Gasteiger partial charge on any atom is -0.486 e. The zero-order valence-corrected chi connectivity index (χ0v) is 13.9. The van der Waals surface area contributed by atoms with E-state index in [1.54, 1.807) is 19.2 Å². The van der Waals surface area contributed by atoms with Gasteiger partial charge in [0.05, 0.1) is 13.2 Å². The molecule has 0 bridgehead atoms. The van der Waals surface area contributed by atoms with E-state index in [0.29, 0.717) is 24.4 Å². The van der Waals surface area contributed by atoms with Crippen molar-refractivity contribution < 1.29 is 23.0 Å². The molecule has 2 rings (SSSR count). The average Bonchev–Trinajstić information content (AvgIpc) is 2.58. The maximum Gasteiger partial charge on any atom is 0.238 e. The van der Waals surface area contributed by atoms with E-state index in [9.17, 15) is 13.6 Å². The van der Waals surface area contributed by atoms with Crippen molar-refractivity contribution >= 4 is 11.6 Å². The van der Waals surface area contributed by atoms with Crippen LogP contribution >= 0.6 is 0 Å². The molecule has 0 aliphatic carbocycles. The lowest BCUT2D eigenvalue weighted by molar-refractivity contribution is -0.115. The van der Waals surface area contributed by atoms with Crippen LogP contribution in [0.4, 0.5) is 14.5 Å². The number of halogens is 2. The molecular formula is C18H20F2N2O3. The largest absolute Gasteiger partial charge is 0.486 e. The predicted molar refractivity (Wildman–Crippen MR) is 90.5 cm³/mol. The van der Waals surface area contributed by atoms with Crippen molar-refractivity contribution in [1.29, 1.82) is 0 Å². The zero-order valence-electron chi connectivity index (χ0n) is 13.9. The highest BCUT2D eigenvalue weighted by atomic mass is 19.1. The van der Waals surface area contributed by atoms with Crippen LogP contribution in [-0.2, 0) is 16.1 Å². The molecule has 0 aromatic heterocycles. The van der Waals surface area contributed by atoms with E-state index in [1.165, 1.54) is 30.3 Å². The summed E-state index contributed by atoms with van der Waals surface area (Å²) in [5.74, 6) is -1.25. The van der Waals surface area contributed by atoms with Gasteiger partial charge in [-0.3, -0.25) is 4.79 Å². The molecule has 0 fully saturated rings. The van der Waals surface area contributed by atoms with E-state index in [0.717, 1.165) is 0 Å². The summed E-state index contributed by atoms with van der Waals surface area (Å²) >= 11 is 0. The molecule has 25 heavy (non-hydrogen) atoms. The van der Waals surface area contributed by atoms with Crippen molar-refractivity contribution in [3.05, 3.63) is 59.7 Å². The number of carbonyl (C=O) groups is 1. The molecule has 5 nitrogen and oxygen atoms in total. The van der Waals surface area contributed by atoms with Gasteiger partial charge < -0.3 is 20.1 Å². The van der Waals surface area contributed by atoms with Crippen molar-refractivity contribution in [2.75, 3.05) is 32.1 Å². The Morgan fingerprint density at radius 3 is 2.72 bits per heavy atom. The third-order valence-electron chi connectivity index (χ3n) is 3.27. The molecule has 0 saturated carbocycles. The Morgan fingerprint density at radius 1 is 1.16 bits per heavy atom. The van der Waals surface area contributed by atoms with Crippen molar-refractivity contribution in [3.63, 3.8) is 0 Å². The molecule has 0 saturated heterocycles. The number of benzene rings is 2. The van der Waals surface area contributed by atoms with Crippen molar-refractivity contribution in [3.8, 4) is 5.75 Å². The van der Waals surface area contributed by atoms with Gasteiger partial charge in [-0.2, -0.15) is 0 Å². The molecule has 0 radical (unpaired) electrons. The minimum atomic E-state index is -0.610. The van der Waals surface area contributed by atoms with Gasteiger partial charge in [-0.1, -0.05) is 12.1 Å². The molecule has 2 aromatic carbocycles. The molecule has 0 heterocycles. The Balaban J connectivity index is 1.86. The van der Waals surface area contributed by atoms with Gasteiger partial charge in [0.2, 0.25) is 5.91 Å². The van der Waals surface area contributed by atoms with Gasteiger partial charge >= 0.3 is 0 Å². The first-order valence-electron chi connectivity index (χ1n) is 7.75. The second-order valence-electron chi connectivity index (χ2n) is 5.28. The number of hydrogen-bond acceptors (Lipinski definition) is 4. The SMILES string of the molecule is COCCNCC(=O)Nc1ccc(OCc2cccc(F)c2)c(F)c1. The van der Waals surface area contributed by atoms with Gasteiger partial charge in [-0.15, -0.1) is 0 Å². The standard InChI is InChI=1S/C18H20F2N2O3/c1-24-8-7-21-11-18(23)22-15-5-6-17(16(20)10-15)25-12-13-3-2-4-14(19)9-13/h2-6,9-10,21H,7-8,11-12H2,1H3,(H,22,23). The molecule has 1 amide bonds. The third kappa shape index (κ3) is 6.48. The van der Waals surface area contributed by atoms with E-state index >= 15 is 0 Å². The molecule has 0 aliphatic rings. The third-order valence-corrected chi connectivity index (χ3v) is 3.27. The number of hydrogen-bond donors (Lipinski definition) is 2. The first-order valence-corrected chi connectivity index (χ1v) is 7.75. The van der Waals surface area contributed by atoms with Gasteiger partial charge in [-0.05, 0) is 29.8 Å². The highest BCUT2D eigenvalue weighted by Gasteiger charge is 2.08. The van der Waals surface area contributed by atoms with E-state index in [-0.39, 0.29) is 30.6 Å². The van der Waals surface area contributed by atoms with Crippen molar-refractivity contribution in [2.24, 2.45) is 0 Å². The van der Waals surface area contributed by atoms with Gasteiger partial charge in [-0.25, -0.2) is 8.78 Å². The molecule has 0 unspecified atom stereocenters. The number of nitrogens with one attached hydrogen (secondary N) is 2. The van der Waals surface area contributed by atoms with Gasteiger partial charge in [0.15, 0.2) is 11.6 Å². The summed E-state index contributed by atoms with van der Waals surface area (Å²) in [5, 5.41) is 5.47. The fourth-order valence-corrected chi connectivity index (χ4v) is 2.06. The van der Waals surface area contributed by atoms with Gasteiger partial charge in [0.1, 0.15) is 12.4 Å². The molecule has 0 atom stereocenters. The highest BCUT2D eigenvalue weighted by Crippen LogP contribution is 2.22. The maximum atomic E-state index is 14.1. The average molecular weight is 350 g/mol. The number of ether oxygens (including phenoxy) is 2. The summed E-state index contributed by atoms with van der Waals surface area (Å²) in [6.07, 6.45) is 0. The van der Waals surface area contributed by atoms with Crippen LogP contribution in [0.15, 0.2) is 42.5 Å². The lowest BCUT2D eigenvalue weighted by Crippen LogP contribution is -2.30. The molecule has 2 N–H and O–H groups in total. The van der Waals surface area contributed by atoms with Crippen LogP contribution in [0, 0.1) is 11.6 Å². The van der Waals surface area contributed by atoms with E-state index < -0.39 is 5.82 Å². The molecule has 134 valence electrons. The van der Waals surface area contributed by atoms with Crippen LogP contribution in [0.3, 0.4) is 0 Å². The molecule has 0 spiro atoms. The Labute approximate surface area is 144 Å². The lowest BCUT2D eigenvalue weighted by Gasteiger charge is -2.10. The molecule has 0 aliphatic heterocycles. The summed E-state index contributed by atoms with van der Waals surface area (Å²) < 4.78 is 37.4. The smallest absolute Gasteiger partial charge is 0.238 e. The number of anilines is 1. The maximum absolute atomic E-state index is 14.1. The second kappa shape index (κ2) is 9.71. The fourth-order valence-electron chi connectivity index (χ4n) is 2.06. The molecule has 7 heteroatoms. The highest BCUT2D eigenvalue weighted by molar-refractivity contribution is 5.92. The Morgan fingerprint density at radius 2 is 2.00 bits per heavy atom. The topological polar surface area (TPSA) is 59.6 Å². The zero-order chi connectivity index (χ0) is 18.1. The summed E-state index contributed by atoms with van der Waals surface area (Å²) in [7, 11) is 1.57. The lowest BCUT2D eigenvalue weighted by atomic mass is 10.2. The number of methoxy groups -OCH3 is 1. The van der Waals surface area contributed by atoms with Crippen LogP contribution < -0.4 is 15.4 Å². The Kier molecular flexibility index (Phi) is 7.31. The van der Waals surface area contributed by atoms with E-state index in [4.69, 9.17) is 9.47 Å². The molecule has 2 aromatic rings. The van der Waals surface area contributed by atoms with Gasteiger partial charge in [0, 0.05) is 25.4 Å². The van der Waals surface area contributed by atoms with Crippen molar-refractivity contribution in [2.45, 2.75) is 6.61 Å². The normalized spacial score (nSPS) is 10.5. The summed E-state index contributed by atoms with van der Waals surface area (Å²) in [6.45, 7) is 1.19. The van der Waals surface area contributed by atoms with Crippen molar-refractivity contribution in [1.82, 2.24) is 5.32 Å². The molecular weight excluding hydrogens is 330 g/mol. The quantitative estimate of drug-likeness (QED) is 0.683. The first-order chi connectivity index (χ1) is 12.1. The van der Waals surface area contributed by atoms with Crippen LogP contribution in [-0.4, -0.2) is 32.7 Å². The fraction of sp³-hybridized carbons (Fsp3) is 0.278. The summed E-state index contributed by atoms with van der Waals surface area (Å²) in [5.41, 5.74) is 0.924. The van der Waals surface area contributed by atoms with Crippen LogP contribution in [0.25, 0.3) is 0 Å². The Bertz CT molecular complexity index is 710. The van der Waals surface area contributed by atoms with E-state index in [1.807, 2.05) is 0 Å². The number of amides is 1. The summed E-state index contributed by atoms with van der Waals surface area (Å²) in [4.78, 5) is 11.7. The van der Waals surface area contributed by atoms with Gasteiger partial charge in [0.25, 0.3) is 0 Å². The first kappa shape index (κ1) is 18.8. The second-order valence-corrected chi connectivity index (χ2v) is 5.28. The predicted octanol–water partition coefficient (Wildman–Crippen LogP) is 2.72. The monoisotopic (exact) mass is 350 g/mol. The van der Waals surface area contributed by atoms with Crippen LogP contribution in [0.2, 0.25) is 0 Å². The van der Waals surface area contributed by atoms with E-state index in [2.05, 4.69) is 10.6 Å². The number of rotatable bonds is 9. The number of carbonyl (C=O) groups excluding carboxylic acids is 1. The summed E-state index contributed by atoms with van der Waals surface area (Å²) in [6, 6.07) is 10.0. The van der Waals surface area contributed by atoms with Crippen LogP contribution in [0.1, 0.15) is 5.56 Å².